The van der Waals surface area contributed by atoms with E-state index in [9.17, 15) is 14.4 Å². The molecule has 15 heteroatoms. The summed E-state index contributed by atoms with van der Waals surface area (Å²) in [7, 11) is 5.39. The van der Waals surface area contributed by atoms with Gasteiger partial charge in [0.05, 0.1) is 17.4 Å². The second kappa shape index (κ2) is 12.4. The predicted octanol–water partition coefficient (Wildman–Crippen LogP) is 3.35. The van der Waals surface area contributed by atoms with Gasteiger partial charge in [0.25, 0.3) is 0 Å². The molecule has 4 aromatic heterocycles. The zero-order valence-electron chi connectivity index (χ0n) is 27.7. The van der Waals surface area contributed by atoms with Gasteiger partial charge in [-0.1, -0.05) is 0 Å². The predicted molar refractivity (Wildman–Crippen MR) is 177 cm³/mol. The number of amides is 4. The average Bonchev–Trinajstić information content (AvgIpc) is 3.97. The third-order valence-electron chi connectivity index (χ3n) is 8.90. The van der Waals surface area contributed by atoms with E-state index in [0.29, 0.717) is 60.0 Å². The summed E-state index contributed by atoms with van der Waals surface area (Å²) in [6, 6.07) is 4.92. The minimum Gasteiger partial charge on any atom is -0.462 e. The average molecular weight is 654 g/mol. The topological polar surface area (TPSA) is 163 Å². The van der Waals surface area contributed by atoms with Crippen LogP contribution in [0.15, 0.2) is 36.8 Å². The Hall–Kier alpha value is -5.18. The number of nitrogens with one attached hydrogen (secondary N) is 2. The Bertz CT molecular complexity index is 1910. The lowest BCUT2D eigenvalue weighted by molar-refractivity contribution is -0.124. The van der Waals surface area contributed by atoms with E-state index < -0.39 is 0 Å². The number of carbonyl (C=O) groups excluding carboxylic acids is 3. The molecule has 5 heterocycles. The Morgan fingerprint density at radius 1 is 1.10 bits per heavy atom. The molecule has 2 saturated carbocycles. The van der Waals surface area contributed by atoms with Crippen molar-refractivity contribution in [1.29, 1.82) is 0 Å². The van der Waals surface area contributed by atoms with Crippen LogP contribution in [0.5, 0.6) is 6.01 Å². The number of aromatic nitrogens is 6. The molecule has 7 rings (SSSR count). The number of carbonyl (C=O) groups is 3. The van der Waals surface area contributed by atoms with Gasteiger partial charge in [0.2, 0.25) is 11.8 Å². The van der Waals surface area contributed by atoms with Crippen molar-refractivity contribution in [3.05, 3.63) is 59.6 Å². The van der Waals surface area contributed by atoms with Crippen molar-refractivity contribution >= 4 is 40.8 Å². The van der Waals surface area contributed by atoms with Crippen LogP contribution in [-0.2, 0) is 9.59 Å². The smallest absolute Gasteiger partial charge is 0.331 e. The summed E-state index contributed by atoms with van der Waals surface area (Å²) < 4.78 is 7.80. The minimum atomic E-state index is -0.369. The molecule has 3 aliphatic rings. The SMILES string of the molecule is Cc1ccnc(C2CC2C(=O)Nc2cc(N[C@H](C)c3cn4cc(C5CC5)cc(N5CC(=O)N(C)C5=O)c4n3)nc(OCCN(C)C)n2)n1. The fourth-order valence-electron chi connectivity index (χ4n) is 5.83. The first-order valence-electron chi connectivity index (χ1n) is 16.2. The first-order valence-corrected chi connectivity index (χ1v) is 16.2. The Kier molecular flexibility index (Phi) is 8.15. The molecule has 4 amide bonds. The van der Waals surface area contributed by atoms with Crippen LogP contribution in [0.3, 0.4) is 0 Å². The van der Waals surface area contributed by atoms with Gasteiger partial charge >= 0.3 is 12.0 Å². The lowest BCUT2D eigenvalue weighted by atomic mass is 10.1. The van der Waals surface area contributed by atoms with Crippen molar-refractivity contribution < 1.29 is 19.1 Å². The van der Waals surface area contributed by atoms with Crippen LogP contribution in [0.1, 0.15) is 66.8 Å². The summed E-state index contributed by atoms with van der Waals surface area (Å²) in [5.74, 6) is 1.16. The highest BCUT2D eigenvalue weighted by Crippen LogP contribution is 2.46. The van der Waals surface area contributed by atoms with Gasteiger partial charge < -0.3 is 24.7 Å². The molecular formula is C33H39N11O4. The van der Waals surface area contributed by atoms with Crippen molar-refractivity contribution in [1.82, 2.24) is 39.1 Å². The first kappa shape index (κ1) is 31.4. The van der Waals surface area contributed by atoms with Crippen LogP contribution >= 0.6 is 0 Å². The number of nitrogens with zero attached hydrogens (tertiary/aromatic N) is 9. The highest BCUT2D eigenvalue weighted by atomic mass is 16.5. The lowest BCUT2D eigenvalue weighted by Gasteiger charge is -2.17. The molecule has 2 N–H and O–H groups in total. The molecule has 3 fully saturated rings. The molecule has 0 radical (unpaired) electrons. The quantitative estimate of drug-likeness (QED) is 0.216. The van der Waals surface area contributed by atoms with Gasteiger partial charge in [-0.2, -0.15) is 9.97 Å². The molecule has 3 atom stereocenters. The van der Waals surface area contributed by atoms with Gasteiger partial charge in [0, 0.05) is 55.8 Å². The van der Waals surface area contributed by atoms with E-state index in [-0.39, 0.29) is 48.3 Å². The van der Waals surface area contributed by atoms with E-state index in [1.54, 1.807) is 12.3 Å². The number of fused-ring (bicyclic) bond motifs is 1. The number of imidazole rings is 1. The molecule has 0 bridgehead atoms. The number of rotatable bonds is 12. The van der Waals surface area contributed by atoms with Gasteiger partial charge in [-0.25, -0.2) is 19.7 Å². The maximum atomic E-state index is 13.2. The van der Waals surface area contributed by atoms with E-state index in [1.807, 2.05) is 61.8 Å². The summed E-state index contributed by atoms with van der Waals surface area (Å²) in [6.07, 6.45) is 8.53. The molecule has 250 valence electrons. The number of imide groups is 1. The number of ether oxygens (including phenoxy) is 1. The summed E-state index contributed by atoms with van der Waals surface area (Å²) in [5, 5.41) is 6.33. The summed E-state index contributed by atoms with van der Waals surface area (Å²) in [5.41, 5.74) is 3.87. The number of anilines is 3. The molecule has 2 aliphatic carbocycles. The maximum absolute atomic E-state index is 13.2. The molecule has 2 unspecified atom stereocenters. The Morgan fingerprint density at radius 3 is 2.60 bits per heavy atom. The lowest BCUT2D eigenvalue weighted by Crippen LogP contribution is -2.30. The minimum absolute atomic E-state index is 0.0270. The van der Waals surface area contributed by atoms with Gasteiger partial charge in [-0.15, -0.1) is 0 Å². The monoisotopic (exact) mass is 653 g/mol. The molecule has 4 aromatic rings. The fraction of sp³-hybridized carbons (Fsp3) is 0.455. The van der Waals surface area contributed by atoms with Crippen molar-refractivity contribution in [2.75, 3.05) is 56.4 Å². The van der Waals surface area contributed by atoms with E-state index in [4.69, 9.17) is 9.72 Å². The van der Waals surface area contributed by atoms with E-state index in [1.165, 1.54) is 11.9 Å². The first-order chi connectivity index (χ1) is 23.0. The maximum Gasteiger partial charge on any atom is 0.331 e. The summed E-state index contributed by atoms with van der Waals surface area (Å²) in [6.45, 7) is 4.85. The van der Waals surface area contributed by atoms with Gasteiger partial charge in [-0.3, -0.25) is 19.4 Å². The number of aryl methyl sites for hydroxylation is 1. The van der Waals surface area contributed by atoms with E-state index in [0.717, 1.165) is 29.0 Å². The molecule has 0 spiro atoms. The third-order valence-corrected chi connectivity index (χ3v) is 8.90. The van der Waals surface area contributed by atoms with Crippen molar-refractivity contribution in [2.24, 2.45) is 5.92 Å². The Balaban J connectivity index is 1.13. The van der Waals surface area contributed by atoms with Gasteiger partial charge in [-0.05, 0) is 70.8 Å². The van der Waals surface area contributed by atoms with Crippen LogP contribution in [0, 0.1) is 12.8 Å². The fourth-order valence-corrected chi connectivity index (χ4v) is 5.83. The standard InChI is InChI=1S/C33H39N11O4/c1-18-8-9-34-29(35-18)22-13-23(22)31(46)38-27-14-26(39-32(40-27)48-11-10-41(3)4)36-19(2)24-16-43-15-21(20-6-7-20)12-25(30(43)37-24)44-17-28(45)42(5)33(44)47/h8-9,12,14-16,19-20,22-23H,6-7,10-11,13,17H2,1-5H3,(H2,36,38,39,40,46)/t19-,22?,23?/m1/s1. The molecule has 48 heavy (non-hydrogen) atoms. The number of likely N-dealkylation sites (N-methyl/N-ethyl adjacent to an activating group) is 2. The largest absolute Gasteiger partial charge is 0.462 e. The molecule has 15 nitrogen and oxygen atoms in total. The third kappa shape index (κ3) is 6.50. The molecular weight excluding hydrogens is 614 g/mol. The zero-order valence-corrected chi connectivity index (χ0v) is 27.7. The number of hydrogen-bond donors (Lipinski definition) is 2. The highest BCUT2D eigenvalue weighted by molar-refractivity contribution is 6.13. The van der Waals surface area contributed by atoms with Crippen LogP contribution < -0.4 is 20.3 Å². The van der Waals surface area contributed by atoms with E-state index in [2.05, 4.69) is 30.6 Å². The summed E-state index contributed by atoms with van der Waals surface area (Å²) >= 11 is 0. The number of urea groups is 1. The van der Waals surface area contributed by atoms with Crippen LogP contribution in [0.25, 0.3) is 5.65 Å². The van der Waals surface area contributed by atoms with Crippen molar-refractivity contribution in [2.45, 2.75) is 51.0 Å². The van der Waals surface area contributed by atoms with Gasteiger partial charge in [0.1, 0.15) is 30.6 Å². The molecule has 1 saturated heterocycles. The summed E-state index contributed by atoms with van der Waals surface area (Å²) in [4.78, 5) is 66.0. The van der Waals surface area contributed by atoms with Crippen LogP contribution in [0.2, 0.25) is 0 Å². The van der Waals surface area contributed by atoms with Crippen LogP contribution in [0.4, 0.5) is 22.1 Å². The Morgan fingerprint density at radius 2 is 1.90 bits per heavy atom. The molecule has 1 aliphatic heterocycles. The van der Waals surface area contributed by atoms with Gasteiger partial charge in [0.15, 0.2) is 5.65 Å². The molecule has 0 aromatic carbocycles. The van der Waals surface area contributed by atoms with Crippen LogP contribution in [-0.4, -0.2) is 97.8 Å². The normalized spacial score (nSPS) is 19.7. The Labute approximate surface area is 277 Å². The second-order valence-electron chi connectivity index (χ2n) is 13.1. The second-order valence-corrected chi connectivity index (χ2v) is 13.1. The number of hydrogen-bond acceptors (Lipinski definition) is 11. The highest BCUT2D eigenvalue weighted by Gasteiger charge is 2.46. The zero-order chi connectivity index (χ0) is 33.7. The van der Waals surface area contributed by atoms with Crippen molar-refractivity contribution in [3.8, 4) is 6.01 Å². The van der Waals surface area contributed by atoms with E-state index >= 15 is 0 Å². The van der Waals surface area contributed by atoms with Crippen molar-refractivity contribution in [3.63, 3.8) is 0 Å². The number of pyridine rings is 1.